The van der Waals surface area contributed by atoms with Gasteiger partial charge in [0.1, 0.15) is 0 Å². The first-order chi connectivity index (χ1) is 9.39. The molecule has 0 bridgehead atoms. The van der Waals surface area contributed by atoms with Gasteiger partial charge in [0.25, 0.3) is 0 Å². The highest BCUT2D eigenvalue weighted by Crippen LogP contribution is 2.42. The van der Waals surface area contributed by atoms with Crippen molar-refractivity contribution in [3.8, 4) is 11.5 Å². The molecule has 20 heavy (non-hydrogen) atoms. The zero-order chi connectivity index (χ0) is 14.9. The van der Waals surface area contributed by atoms with Gasteiger partial charge in [0.2, 0.25) is 0 Å². The van der Waals surface area contributed by atoms with Crippen LogP contribution < -0.4 is 9.47 Å². The van der Waals surface area contributed by atoms with Crippen molar-refractivity contribution in [1.29, 1.82) is 0 Å². The summed E-state index contributed by atoms with van der Waals surface area (Å²) in [6.07, 6.45) is -0.492. The van der Waals surface area contributed by atoms with E-state index in [1.807, 2.05) is 0 Å². The van der Waals surface area contributed by atoms with Crippen molar-refractivity contribution in [2.24, 2.45) is 5.92 Å². The van der Waals surface area contributed by atoms with Gasteiger partial charge in [-0.2, -0.15) is 0 Å². The lowest BCUT2D eigenvalue weighted by Gasteiger charge is -2.20. The molecule has 1 aliphatic heterocycles. The summed E-state index contributed by atoms with van der Waals surface area (Å²) in [7, 11) is -0.0967. The van der Waals surface area contributed by atoms with E-state index in [9.17, 15) is 13.5 Å². The van der Waals surface area contributed by atoms with Crippen LogP contribution in [0.5, 0.6) is 11.5 Å². The molecule has 1 fully saturated rings. The predicted molar refractivity (Wildman–Crippen MR) is 76.3 cm³/mol. The smallest absolute Gasteiger partial charge is 0.179 e. The lowest BCUT2D eigenvalue weighted by Crippen LogP contribution is -2.15. The number of halogens is 1. The third kappa shape index (κ3) is 2.87. The van der Waals surface area contributed by atoms with Crippen LogP contribution in [0.15, 0.2) is 12.1 Å². The summed E-state index contributed by atoms with van der Waals surface area (Å²) in [5.74, 6) is 0.563. The number of methoxy groups -OCH3 is 2. The van der Waals surface area contributed by atoms with E-state index in [1.54, 1.807) is 12.1 Å². The fourth-order valence-corrected chi connectivity index (χ4v) is 4.63. The first-order valence-electron chi connectivity index (χ1n) is 6.18. The molecule has 0 saturated carbocycles. The molecule has 7 heteroatoms. The van der Waals surface area contributed by atoms with Gasteiger partial charge < -0.3 is 14.6 Å². The number of aliphatic hydroxyl groups is 1. The van der Waals surface area contributed by atoms with E-state index in [-0.39, 0.29) is 22.4 Å². The van der Waals surface area contributed by atoms with Gasteiger partial charge in [-0.15, -0.1) is 0 Å². The van der Waals surface area contributed by atoms with E-state index in [2.05, 4.69) is 0 Å². The van der Waals surface area contributed by atoms with Gasteiger partial charge in [-0.05, 0) is 12.5 Å². The zero-order valence-corrected chi connectivity index (χ0v) is 12.9. The number of rotatable bonds is 4. The molecule has 112 valence electrons. The van der Waals surface area contributed by atoms with Gasteiger partial charge in [0.15, 0.2) is 21.3 Å². The third-order valence-corrected chi connectivity index (χ3v) is 5.73. The van der Waals surface area contributed by atoms with Crippen molar-refractivity contribution in [3.63, 3.8) is 0 Å². The molecule has 0 aromatic heterocycles. The fourth-order valence-electron chi connectivity index (χ4n) is 2.46. The molecule has 0 radical (unpaired) electrons. The lowest BCUT2D eigenvalue weighted by molar-refractivity contribution is 0.121. The standard InChI is InChI=1S/C13H17ClO5S/c1-18-10-4-3-9(11(14)13(10)19-2)12(15)8-5-6-20(16,17)7-8/h3-4,8,12,15H,5-7H2,1-2H3. The largest absolute Gasteiger partial charge is 0.493 e. The number of ether oxygens (including phenoxy) is 2. The predicted octanol–water partition coefficient (Wildman–Crippen LogP) is 1.83. The number of hydrogen-bond acceptors (Lipinski definition) is 5. The van der Waals surface area contributed by atoms with Crippen molar-refractivity contribution in [3.05, 3.63) is 22.7 Å². The monoisotopic (exact) mass is 320 g/mol. The van der Waals surface area contributed by atoms with Gasteiger partial charge in [-0.1, -0.05) is 17.7 Å². The van der Waals surface area contributed by atoms with E-state index in [0.717, 1.165) is 0 Å². The Morgan fingerprint density at radius 2 is 2.05 bits per heavy atom. The number of benzene rings is 1. The van der Waals surface area contributed by atoms with Gasteiger partial charge in [-0.25, -0.2) is 8.42 Å². The molecule has 2 rings (SSSR count). The van der Waals surface area contributed by atoms with Crippen molar-refractivity contribution in [2.45, 2.75) is 12.5 Å². The summed E-state index contributed by atoms with van der Waals surface area (Å²) in [6, 6.07) is 3.28. The minimum Gasteiger partial charge on any atom is -0.493 e. The molecular formula is C13H17ClO5S. The van der Waals surface area contributed by atoms with Crippen LogP contribution in [0.2, 0.25) is 5.02 Å². The Kier molecular flexibility index (Phi) is 4.46. The molecule has 2 atom stereocenters. The van der Waals surface area contributed by atoms with Crippen LogP contribution in [0.4, 0.5) is 0 Å². The highest BCUT2D eigenvalue weighted by atomic mass is 35.5. The molecule has 0 amide bonds. The second kappa shape index (κ2) is 5.79. The second-order valence-corrected chi connectivity index (χ2v) is 7.42. The Bertz CT molecular complexity index is 599. The molecule has 0 spiro atoms. The maximum Gasteiger partial charge on any atom is 0.179 e. The summed E-state index contributed by atoms with van der Waals surface area (Å²) in [5.41, 5.74) is 0.464. The summed E-state index contributed by atoms with van der Waals surface area (Å²) >= 11 is 6.22. The SMILES string of the molecule is COc1ccc(C(O)C2CCS(=O)(=O)C2)c(Cl)c1OC. The van der Waals surface area contributed by atoms with Gasteiger partial charge in [0, 0.05) is 11.5 Å². The van der Waals surface area contributed by atoms with Gasteiger partial charge in [-0.3, -0.25) is 0 Å². The van der Waals surface area contributed by atoms with Crippen LogP contribution in [0.25, 0.3) is 0 Å². The summed E-state index contributed by atoms with van der Waals surface area (Å²) in [5, 5.41) is 10.6. The van der Waals surface area contributed by atoms with E-state index in [1.165, 1.54) is 14.2 Å². The molecule has 1 saturated heterocycles. The molecule has 5 nitrogen and oxygen atoms in total. The maximum absolute atomic E-state index is 11.5. The van der Waals surface area contributed by atoms with E-state index in [4.69, 9.17) is 21.1 Å². The topological polar surface area (TPSA) is 72.8 Å². The summed E-state index contributed by atoms with van der Waals surface area (Å²) in [4.78, 5) is 0. The Hall–Kier alpha value is -0.980. The molecule has 1 aromatic rings. The highest BCUT2D eigenvalue weighted by Gasteiger charge is 2.35. The maximum atomic E-state index is 11.5. The normalized spacial score (nSPS) is 22.5. The van der Waals surface area contributed by atoms with Crippen LogP contribution in [-0.2, 0) is 9.84 Å². The third-order valence-electron chi connectivity index (χ3n) is 3.55. The van der Waals surface area contributed by atoms with Crippen LogP contribution in [0.1, 0.15) is 18.1 Å². The number of hydrogen-bond donors (Lipinski definition) is 1. The van der Waals surface area contributed by atoms with Gasteiger partial charge in [0.05, 0.1) is 36.9 Å². The van der Waals surface area contributed by atoms with E-state index in [0.29, 0.717) is 23.5 Å². The van der Waals surface area contributed by atoms with E-state index >= 15 is 0 Å². The van der Waals surface area contributed by atoms with Gasteiger partial charge >= 0.3 is 0 Å². The minimum absolute atomic E-state index is 0.0150. The average Bonchev–Trinajstić information content (AvgIpc) is 2.77. The van der Waals surface area contributed by atoms with Crippen LogP contribution >= 0.6 is 11.6 Å². The Labute approximate surface area is 123 Å². The molecule has 1 aliphatic rings. The lowest BCUT2D eigenvalue weighted by atomic mass is 9.95. The average molecular weight is 321 g/mol. The Morgan fingerprint density at radius 3 is 2.55 bits per heavy atom. The summed E-state index contributed by atoms with van der Waals surface area (Å²) < 4.78 is 33.3. The van der Waals surface area contributed by atoms with Crippen molar-refractivity contribution in [1.82, 2.24) is 0 Å². The summed E-state index contributed by atoms with van der Waals surface area (Å²) in [6.45, 7) is 0. The molecule has 1 N–H and O–H groups in total. The second-order valence-electron chi connectivity index (χ2n) is 4.81. The van der Waals surface area contributed by atoms with Crippen LogP contribution in [-0.4, -0.2) is 39.2 Å². The molecule has 1 heterocycles. The first kappa shape index (κ1) is 15.4. The minimum atomic E-state index is -3.05. The number of sulfone groups is 1. The Balaban J connectivity index is 2.33. The zero-order valence-electron chi connectivity index (χ0n) is 11.3. The Morgan fingerprint density at radius 1 is 1.35 bits per heavy atom. The molecule has 1 aromatic carbocycles. The van der Waals surface area contributed by atoms with Crippen LogP contribution in [0, 0.1) is 5.92 Å². The molecule has 0 aliphatic carbocycles. The molecule has 2 unspecified atom stereocenters. The first-order valence-corrected chi connectivity index (χ1v) is 8.38. The van der Waals surface area contributed by atoms with Crippen LogP contribution in [0.3, 0.4) is 0 Å². The van der Waals surface area contributed by atoms with Crippen molar-refractivity contribution in [2.75, 3.05) is 25.7 Å². The van der Waals surface area contributed by atoms with Crippen molar-refractivity contribution < 1.29 is 23.0 Å². The van der Waals surface area contributed by atoms with Crippen molar-refractivity contribution >= 4 is 21.4 Å². The number of aliphatic hydroxyl groups excluding tert-OH is 1. The molecular weight excluding hydrogens is 304 g/mol. The fraction of sp³-hybridized carbons (Fsp3) is 0.538. The quantitative estimate of drug-likeness (QED) is 0.916. The highest BCUT2D eigenvalue weighted by molar-refractivity contribution is 7.91. The van der Waals surface area contributed by atoms with E-state index < -0.39 is 15.9 Å².